The van der Waals surface area contributed by atoms with Crippen LogP contribution in [0, 0.1) is 23.0 Å². The van der Waals surface area contributed by atoms with Crippen molar-refractivity contribution in [3.05, 3.63) is 41.0 Å². The Bertz CT molecular complexity index is 2000. The van der Waals surface area contributed by atoms with E-state index in [1.165, 1.54) is 10.7 Å². The van der Waals surface area contributed by atoms with E-state index in [4.69, 9.17) is 9.47 Å². The van der Waals surface area contributed by atoms with Crippen molar-refractivity contribution in [2.24, 2.45) is 0 Å². The van der Waals surface area contributed by atoms with E-state index in [0.29, 0.717) is 18.5 Å². The second kappa shape index (κ2) is 11.4. The summed E-state index contributed by atoms with van der Waals surface area (Å²) in [6.45, 7) is 11.4. The average molecular weight is 666 g/mol. The predicted molar refractivity (Wildman–Crippen MR) is 170 cm³/mol. The van der Waals surface area contributed by atoms with Gasteiger partial charge in [-0.05, 0) is 65.7 Å². The van der Waals surface area contributed by atoms with E-state index in [-0.39, 0.29) is 68.5 Å². The smallest absolute Gasteiger partial charge is 0.412 e. The molecule has 1 unspecified atom stereocenters. The number of anilines is 1. The third kappa shape index (κ3) is 5.93. The van der Waals surface area contributed by atoms with E-state index in [9.17, 15) is 19.6 Å². The van der Waals surface area contributed by atoms with Crippen LogP contribution in [0.4, 0.5) is 23.4 Å². The van der Waals surface area contributed by atoms with Crippen molar-refractivity contribution in [3.8, 4) is 17.2 Å². The van der Waals surface area contributed by atoms with Crippen molar-refractivity contribution < 1.29 is 32.6 Å². The first-order chi connectivity index (χ1) is 22.1. The highest BCUT2D eigenvalue weighted by molar-refractivity contribution is 7.23. The Kier molecular flexibility index (Phi) is 7.82. The molecule has 0 bridgehead atoms. The zero-order chi connectivity index (χ0) is 34.0. The van der Waals surface area contributed by atoms with Crippen molar-refractivity contribution in [1.82, 2.24) is 24.8 Å². The molecule has 1 fully saturated rings. The molecule has 0 radical (unpaired) electrons. The molecule has 2 aromatic carbocycles. The normalized spacial score (nSPS) is 16.8. The molecule has 1 N–H and O–H groups in total. The number of hydrogen-bond donors (Lipinski definition) is 1. The van der Waals surface area contributed by atoms with Crippen LogP contribution in [0.25, 0.3) is 32.2 Å². The number of hydrogen-bond acceptors (Lipinski definition) is 9. The quantitative estimate of drug-likeness (QED) is 0.264. The molecule has 246 valence electrons. The lowest BCUT2D eigenvalue weighted by atomic mass is 9.94. The van der Waals surface area contributed by atoms with Crippen LogP contribution < -0.4 is 5.32 Å². The highest BCUT2D eigenvalue weighted by atomic mass is 32.1. The number of nitrogens with one attached hydrogen (secondary N) is 1. The maximum Gasteiger partial charge on any atom is 0.412 e. The Labute approximate surface area is 272 Å². The lowest BCUT2D eigenvalue weighted by Gasteiger charge is -2.42. The summed E-state index contributed by atoms with van der Waals surface area (Å²) in [7, 11) is 0. The van der Waals surface area contributed by atoms with Gasteiger partial charge < -0.3 is 19.3 Å². The monoisotopic (exact) mass is 665 g/mol. The maximum atomic E-state index is 16.3. The van der Waals surface area contributed by atoms with Gasteiger partial charge in [0.2, 0.25) is 0 Å². The van der Waals surface area contributed by atoms with E-state index in [2.05, 4.69) is 15.6 Å². The fourth-order valence-electron chi connectivity index (χ4n) is 5.96. The first-order valence-corrected chi connectivity index (χ1v) is 15.9. The number of ether oxygens (including phenoxy) is 2. The molecule has 2 aliphatic heterocycles. The third-order valence-electron chi connectivity index (χ3n) is 7.82. The largest absolute Gasteiger partial charge is 0.444 e. The molecule has 4 aromatic rings. The highest BCUT2D eigenvalue weighted by Gasteiger charge is 2.38. The number of rotatable bonds is 2. The molecular weight excluding hydrogens is 632 g/mol. The first kappa shape index (κ1) is 32.1. The summed E-state index contributed by atoms with van der Waals surface area (Å²) in [5.74, 6) is -1.92. The van der Waals surface area contributed by atoms with Crippen molar-refractivity contribution in [3.63, 3.8) is 0 Å². The molecule has 2 aromatic heterocycles. The molecule has 47 heavy (non-hydrogen) atoms. The van der Waals surface area contributed by atoms with Crippen molar-refractivity contribution in [1.29, 1.82) is 5.26 Å². The SMILES string of the molecule is CC(C)(C)OC(=O)Nc1sc2c(F)ccc(-c3c(F)cc4c5c3nnn5CCC3CN(C(=O)OC(C)(C)C)CCN3C4=O)c2c1C#N. The van der Waals surface area contributed by atoms with Crippen molar-refractivity contribution in [2.45, 2.75) is 71.8 Å². The van der Waals surface area contributed by atoms with Gasteiger partial charge in [-0.3, -0.25) is 10.1 Å². The maximum absolute atomic E-state index is 16.3. The molecule has 12 nitrogen and oxygen atoms in total. The molecule has 0 saturated carbocycles. The van der Waals surface area contributed by atoms with Gasteiger partial charge in [0.05, 0.1) is 21.9 Å². The molecule has 3 amide bonds. The summed E-state index contributed by atoms with van der Waals surface area (Å²) >= 11 is 0.827. The van der Waals surface area contributed by atoms with Gasteiger partial charge in [0, 0.05) is 37.1 Å². The van der Waals surface area contributed by atoms with Crippen molar-refractivity contribution in [2.75, 3.05) is 25.0 Å². The summed E-state index contributed by atoms with van der Waals surface area (Å²) in [4.78, 5) is 42.5. The van der Waals surface area contributed by atoms with Gasteiger partial charge in [0.1, 0.15) is 44.9 Å². The fourth-order valence-corrected chi connectivity index (χ4v) is 7.03. The zero-order valence-corrected chi connectivity index (χ0v) is 27.6. The standard InChI is InChI=1S/C32H33F2N7O5S/c1-31(2,3)45-29(43)36-27-19(14-35)22-17(7-8-20(33)26(22)47-27)23-21(34)13-18-25-24(23)37-38-41(25)10-9-16-15-39(11-12-40(16)28(18)42)30(44)46-32(4,5)6/h7-8,13,16H,9-12,15H2,1-6H3,(H,36,43). The van der Waals surface area contributed by atoms with E-state index < -0.39 is 40.9 Å². The number of nitriles is 1. The number of benzene rings is 2. The Morgan fingerprint density at radius 1 is 1.04 bits per heavy atom. The van der Waals surface area contributed by atoms with Gasteiger partial charge >= 0.3 is 12.2 Å². The zero-order valence-electron chi connectivity index (χ0n) is 26.7. The summed E-state index contributed by atoms with van der Waals surface area (Å²) in [6.07, 6.45) is -0.855. The lowest BCUT2D eigenvalue weighted by Crippen LogP contribution is -2.57. The van der Waals surface area contributed by atoms with E-state index in [0.717, 1.165) is 23.5 Å². The van der Waals surface area contributed by atoms with Crippen LogP contribution in [0.2, 0.25) is 0 Å². The Morgan fingerprint density at radius 3 is 2.45 bits per heavy atom. The number of thiophene rings is 1. The molecule has 0 spiro atoms. The molecule has 1 saturated heterocycles. The number of nitrogens with zero attached hydrogens (tertiary/aromatic N) is 6. The summed E-state index contributed by atoms with van der Waals surface area (Å²) in [6, 6.07) is 5.28. The van der Waals surface area contributed by atoms with Gasteiger partial charge in [-0.25, -0.2) is 23.1 Å². The number of amides is 3. The second-order valence-corrected chi connectivity index (χ2v) is 14.5. The minimum absolute atomic E-state index is 0.0250. The predicted octanol–water partition coefficient (Wildman–Crippen LogP) is 6.28. The fraction of sp³-hybridized carbons (Fsp3) is 0.438. The van der Waals surface area contributed by atoms with Gasteiger partial charge in [-0.15, -0.1) is 16.4 Å². The molecule has 15 heteroatoms. The number of fused-ring (bicyclic) bond motifs is 2. The van der Waals surface area contributed by atoms with Crippen LogP contribution >= 0.6 is 11.3 Å². The highest BCUT2D eigenvalue weighted by Crippen LogP contribution is 2.45. The van der Waals surface area contributed by atoms with Gasteiger partial charge in [-0.1, -0.05) is 11.3 Å². The van der Waals surface area contributed by atoms with Crippen LogP contribution in [-0.2, 0) is 16.0 Å². The Hall–Kier alpha value is -4.84. The van der Waals surface area contributed by atoms with Gasteiger partial charge in [0.25, 0.3) is 5.91 Å². The molecule has 6 rings (SSSR count). The number of carbonyl (C=O) groups excluding carboxylic acids is 3. The van der Waals surface area contributed by atoms with E-state index in [1.807, 2.05) is 6.07 Å². The minimum atomic E-state index is -0.832. The number of aryl methyl sites for hydroxylation is 1. The first-order valence-electron chi connectivity index (χ1n) is 15.1. The molecule has 1 atom stereocenters. The van der Waals surface area contributed by atoms with Crippen LogP contribution in [0.5, 0.6) is 0 Å². The number of carbonyl (C=O) groups is 3. The van der Waals surface area contributed by atoms with Crippen LogP contribution in [-0.4, -0.2) is 79.8 Å². The number of piperazine rings is 1. The van der Waals surface area contributed by atoms with E-state index >= 15 is 8.78 Å². The van der Waals surface area contributed by atoms with Crippen molar-refractivity contribution >= 4 is 55.6 Å². The molecule has 0 aliphatic carbocycles. The van der Waals surface area contributed by atoms with Gasteiger partial charge in [-0.2, -0.15) is 5.26 Å². The molecule has 4 heterocycles. The Morgan fingerprint density at radius 2 is 1.77 bits per heavy atom. The third-order valence-corrected chi connectivity index (χ3v) is 8.94. The lowest BCUT2D eigenvalue weighted by molar-refractivity contribution is 0.00273. The topological polar surface area (TPSA) is 143 Å². The minimum Gasteiger partial charge on any atom is -0.444 e. The van der Waals surface area contributed by atoms with Crippen LogP contribution in [0.15, 0.2) is 18.2 Å². The van der Waals surface area contributed by atoms with E-state index in [1.54, 1.807) is 51.3 Å². The number of aromatic nitrogens is 3. The van der Waals surface area contributed by atoms with Crippen LogP contribution in [0.3, 0.4) is 0 Å². The van der Waals surface area contributed by atoms with Crippen LogP contribution in [0.1, 0.15) is 63.9 Å². The Balaban J connectivity index is 1.42. The second-order valence-electron chi connectivity index (χ2n) is 13.5. The van der Waals surface area contributed by atoms with Gasteiger partial charge in [0.15, 0.2) is 0 Å². The molecule has 2 aliphatic rings. The average Bonchev–Trinajstić information content (AvgIpc) is 3.55. The summed E-state index contributed by atoms with van der Waals surface area (Å²) < 4.78 is 43.9. The molecular formula is C32H33F2N7O5S. The summed E-state index contributed by atoms with van der Waals surface area (Å²) in [5.41, 5.74) is -1.04. The summed E-state index contributed by atoms with van der Waals surface area (Å²) in [5, 5.41) is 21.3. The number of halogens is 2.